The topological polar surface area (TPSA) is 164 Å². The van der Waals surface area contributed by atoms with E-state index in [0.717, 1.165) is 0 Å². The first-order valence-electron chi connectivity index (χ1n) is 14.2. The number of hydrogen-bond donors (Lipinski definition) is 3. The van der Waals surface area contributed by atoms with Crippen LogP contribution in [0.2, 0.25) is 0 Å². The number of rotatable bonds is 11. The number of nitrogens with two attached hydrogens (primary N) is 1. The lowest BCUT2D eigenvalue weighted by molar-refractivity contribution is -0.132. The maximum Gasteiger partial charge on any atom is 0.259 e. The SMILES string of the molecule is CCOC1=CC(=C=N)C(Oc2ccc(C(=O)N3CCN(C(=O)CCN)CC3)c(OC3C=CC(OCC)=CC3=C=N)n2)C=C1. The first-order chi connectivity index (χ1) is 20.9. The molecule has 0 bridgehead atoms. The van der Waals surface area contributed by atoms with Crippen molar-refractivity contribution in [1.82, 2.24) is 14.8 Å². The van der Waals surface area contributed by atoms with Gasteiger partial charge in [-0.3, -0.25) is 20.4 Å². The molecule has 1 aromatic heterocycles. The Morgan fingerprint density at radius 3 is 2.00 bits per heavy atom. The highest BCUT2D eigenvalue weighted by molar-refractivity contribution is 5.96. The lowest BCUT2D eigenvalue weighted by Gasteiger charge is -2.35. The first kappa shape index (κ1) is 31.1. The number of carbonyl (C=O) groups excluding carboxylic acids is 2. The van der Waals surface area contributed by atoms with Gasteiger partial charge in [0.25, 0.3) is 5.91 Å². The van der Waals surface area contributed by atoms with Gasteiger partial charge in [-0.2, -0.15) is 4.98 Å². The summed E-state index contributed by atoms with van der Waals surface area (Å²) in [5.41, 5.74) is 6.56. The number of hydrogen-bond acceptors (Lipinski definition) is 10. The number of pyridine rings is 1. The van der Waals surface area contributed by atoms with E-state index in [4.69, 9.17) is 35.5 Å². The third-order valence-corrected chi connectivity index (χ3v) is 6.82. The smallest absolute Gasteiger partial charge is 0.259 e. The normalized spacial score (nSPS) is 19.6. The van der Waals surface area contributed by atoms with Crippen LogP contribution in [0.1, 0.15) is 30.6 Å². The second kappa shape index (κ2) is 14.8. The zero-order valence-corrected chi connectivity index (χ0v) is 24.3. The Morgan fingerprint density at radius 2 is 1.47 bits per heavy atom. The molecule has 4 rings (SSSR count). The first-order valence-corrected chi connectivity index (χ1v) is 14.2. The van der Waals surface area contributed by atoms with E-state index >= 15 is 0 Å². The van der Waals surface area contributed by atoms with Crippen LogP contribution in [0.15, 0.2) is 71.3 Å². The van der Waals surface area contributed by atoms with Crippen LogP contribution < -0.4 is 15.2 Å². The number of nitrogens with one attached hydrogen (secondary N) is 2. The number of carbonyl (C=O) groups is 2. The predicted octanol–water partition coefficient (Wildman–Crippen LogP) is 2.54. The van der Waals surface area contributed by atoms with Crippen molar-refractivity contribution < 1.29 is 28.5 Å². The van der Waals surface area contributed by atoms with Gasteiger partial charge in [-0.05, 0) is 68.1 Å². The minimum absolute atomic E-state index is 0.00511. The Hall–Kier alpha value is -4.89. The fourth-order valence-corrected chi connectivity index (χ4v) is 4.67. The summed E-state index contributed by atoms with van der Waals surface area (Å²) in [4.78, 5) is 33.9. The molecule has 1 saturated heterocycles. The van der Waals surface area contributed by atoms with Crippen molar-refractivity contribution in [3.63, 3.8) is 0 Å². The van der Waals surface area contributed by atoms with Gasteiger partial charge in [-0.15, -0.1) is 0 Å². The molecule has 0 saturated carbocycles. The van der Waals surface area contributed by atoms with Crippen LogP contribution in [0.5, 0.6) is 11.8 Å². The van der Waals surface area contributed by atoms with Gasteiger partial charge >= 0.3 is 0 Å². The minimum atomic E-state index is -0.759. The molecule has 12 nitrogen and oxygen atoms in total. The van der Waals surface area contributed by atoms with Gasteiger partial charge in [-0.25, -0.2) is 0 Å². The van der Waals surface area contributed by atoms with E-state index < -0.39 is 12.2 Å². The van der Waals surface area contributed by atoms with Crippen LogP contribution in [-0.2, 0) is 14.3 Å². The van der Waals surface area contributed by atoms with Crippen LogP contribution in [-0.4, -0.2) is 96.5 Å². The third-order valence-electron chi connectivity index (χ3n) is 6.82. The molecule has 2 amide bonds. The number of ether oxygens (including phenoxy) is 4. The summed E-state index contributed by atoms with van der Waals surface area (Å²) in [6, 6.07) is 3.14. The van der Waals surface area contributed by atoms with Gasteiger partial charge in [0, 0.05) is 45.2 Å². The van der Waals surface area contributed by atoms with Crippen LogP contribution in [0, 0.1) is 10.8 Å². The van der Waals surface area contributed by atoms with Crippen molar-refractivity contribution >= 4 is 23.6 Å². The van der Waals surface area contributed by atoms with E-state index in [1.165, 1.54) is 0 Å². The molecule has 0 spiro atoms. The zero-order valence-electron chi connectivity index (χ0n) is 24.3. The Bertz CT molecular complexity index is 1440. The molecule has 226 valence electrons. The molecule has 3 aliphatic rings. The van der Waals surface area contributed by atoms with Gasteiger partial charge < -0.3 is 34.5 Å². The minimum Gasteiger partial charge on any atom is -0.494 e. The summed E-state index contributed by atoms with van der Waals surface area (Å²) in [6.45, 7) is 6.43. The summed E-state index contributed by atoms with van der Waals surface area (Å²) in [5.74, 6) is 5.74. The number of aromatic nitrogens is 1. The second-order valence-electron chi connectivity index (χ2n) is 9.63. The number of allylic oxidation sites excluding steroid dienone is 2. The lowest BCUT2D eigenvalue weighted by Crippen LogP contribution is -2.51. The number of amides is 2. The van der Waals surface area contributed by atoms with Crippen molar-refractivity contribution in [2.45, 2.75) is 32.5 Å². The molecule has 0 aromatic carbocycles. The average Bonchev–Trinajstić information content (AvgIpc) is 3.02. The zero-order chi connectivity index (χ0) is 30.8. The Labute approximate surface area is 250 Å². The molecular weight excluding hydrogens is 552 g/mol. The van der Waals surface area contributed by atoms with E-state index in [1.807, 2.05) is 13.8 Å². The molecule has 43 heavy (non-hydrogen) atoms. The van der Waals surface area contributed by atoms with E-state index in [1.54, 1.807) is 58.4 Å². The lowest BCUT2D eigenvalue weighted by atomic mass is 10.0. The van der Waals surface area contributed by atoms with Crippen molar-refractivity contribution in [2.75, 3.05) is 45.9 Å². The molecule has 2 aliphatic carbocycles. The molecule has 1 aromatic rings. The van der Waals surface area contributed by atoms with Crippen LogP contribution >= 0.6 is 0 Å². The monoisotopic (exact) mass is 588 g/mol. The highest BCUT2D eigenvalue weighted by Crippen LogP contribution is 2.29. The molecular formula is C31H36N6O6. The molecule has 12 heteroatoms. The highest BCUT2D eigenvalue weighted by atomic mass is 16.5. The Kier molecular flexibility index (Phi) is 10.7. The molecule has 0 radical (unpaired) electrons. The van der Waals surface area contributed by atoms with E-state index in [0.29, 0.717) is 62.1 Å². The fourth-order valence-electron chi connectivity index (χ4n) is 4.67. The fraction of sp³-hybridized carbons (Fsp3) is 0.387. The number of piperazine rings is 1. The molecule has 2 atom stereocenters. The molecule has 4 N–H and O–H groups in total. The van der Waals surface area contributed by atoms with Crippen molar-refractivity contribution in [3.05, 3.63) is 76.8 Å². The number of nitrogens with zero attached hydrogens (tertiary/aromatic N) is 3. The van der Waals surface area contributed by atoms with Crippen LogP contribution in [0.25, 0.3) is 0 Å². The molecule has 1 aliphatic heterocycles. The van der Waals surface area contributed by atoms with Crippen molar-refractivity contribution in [3.8, 4) is 11.8 Å². The van der Waals surface area contributed by atoms with E-state index in [2.05, 4.69) is 16.7 Å². The van der Waals surface area contributed by atoms with E-state index in [9.17, 15) is 9.59 Å². The van der Waals surface area contributed by atoms with Gasteiger partial charge in [0.15, 0.2) is 12.2 Å². The maximum absolute atomic E-state index is 13.7. The van der Waals surface area contributed by atoms with Gasteiger partial charge in [-0.1, -0.05) is 0 Å². The average molecular weight is 589 g/mol. The summed E-state index contributed by atoms with van der Waals surface area (Å²) in [7, 11) is 0. The van der Waals surface area contributed by atoms with E-state index in [-0.39, 0.29) is 42.1 Å². The second-order valence-corrected chi connectivity index (χ2v) is 9.63. The predicted molar refractivity (Wildman–Crippen MR) is 159 cm³/mol. The largest absolute Gasteiger partial charge is 0.494 e. The molecule has 2 unspecified atom stereocenters. The summed E-state index contributed by atoms with van der Waals surface area (Å²) in [6.07, 6.45) is 9.07. The third kappa shape index (κ3) is 7.69. The van der Waals surface area contributed by atoms with Crippen molar-refractivity contribution in [1.29, 1.82) is 10.8 Å². The van der Waals surface area contributed by atoms with Gasteiger partial charge in [0.2, 0.25) is 17.7 Å². The summed E-state index contributed by atoms with van der Waals surface area (Å²) in [5, 5.41) is 15.5. The Balaban J connectivity index is 1.59. The van der Waals surface area contributed by atoms with Gasteiger partial charge in [0.05, 0.1) is 24.4 Å². The summed E-state index contributed by atoms with van der Waals surface area (Å²) < 4.78 is 23.4. The maximum atomic E-state index is 13.7. The van der Waals surface area contributed by atoms with Crippen LogP contribution in [0.3, 0.4) is 0 Å². The van der Waals surface area contributed by atoms with Crippen molar-refractivity contribution in [2.24, 2.45) is 5.73 Å². The standard InChI is InChI=1S/C31H36N6O6/c1-3-40-23-5-8-26(21(17-23)19-33)42-28-10-7-25(31(39)37-15-13-36(14-16-37)29(38)11-12-32)30(35-28)43-27-9-6-24(41-4-2)18-22(27)20-34/h5-10,17-18,26-27,33-34H,3-4,11-16,32H2,1-2H3. The highest BCUT2D eigenvalue weighted by Gasteiger charge is 2.29. The van der Waals surface area contributed by atoms with Gasteiger partial charge in [0.1, 0.15) is 17.1 Å². The molecule has 2 heterocycles. The summed E-state index contributed by atoms with van der Waals surface area (Å²) >= 11 is 0. The molecule has 1 fully saturated rings. The Morgan fingerprint density at radius 1 is 0.907 bits per heavy atom. The van der Waals surface area contributed by atoms with Crippen LogP contribution in [0.4, 0.5) is 0 Å². The quantitative estimate of drug-likeness (QED) is 0.332.